The molecule has 4 fully saturated rings. The first-order valence-corrected chi connectivity index (χ1v) is 9.39. The molecule has 0 amide bonds. The Balaban J connectivity index is 1.69. The molecule has 4 heteroatoms. The third-order valence-electron chi connectivity index (χ3n) is 8.26. The van der Waals surface area contributed by atoms with E-state index in [1.807, 2.05) is 0 Å². The van der Waals surface area contributed by atoms with Crippen LogP contribution in [0.15, 0.2) is 0 Å². The predicted molar refractivity (Wildman–Crippen MR) is 85.5 cm³/mol. The second-order valence-electron chi connectivity index (χ2n) is 9.19. The van der Waals surface area contributed by atoms with Gasteiger partial charge in [-0.3, -0.25) is 4.79 Å². The van der Waals surface area contributed by atoms with E-state index in [-0.39, 0.29) is 41.5 Å². The van der Waals surface area contributed by atoms with Crippen LogP contribution < -0.4 is 0 Å². The van der Waals surface area contributed by atoms with Crippen LogP contribution in [0.2, 0.25) is 0 Å². The van der Waals surface area contributed by atoms with E-state index in [4.69, 9.17) is 0 Å². The van der Waals surface area contributed by atoms with Crippen molar-refractivity contribution in [1.82, 2.24) is 0 Å². The molecule has 0 heterocycles. The van der Waals surface area contributed by atoms with Gasteiger partial charge in [-0.1, -0.05) is 6.92 Å². The normalized spacial score (nSPS) is 55.9. The highest BCUT2D eigenvalue weighted by molar-refractivity contribution is 5.83. The highest BCUT2D eigenvalue weighted by atomic mass is 16.3. The van der Waals surface area contributed by atoms with Crippen LogP contribution in [-0.4, -0.2) is 39.9 Å². The minimum atomic E-state index is -0.364. The molecule has 4 saturated carbocycles. The first kappa shape index (κ1) is 16.0. The van der Waals surface area contributed by atoms with Gasteiger partial charge in [0.1, 0.15) is 5.78 Å². The lowest BCUT2D eigenvalue weighted by Gasteiger charge is -2.59. The molecule has 130 valence electrons. The summed E-state index contributed by atoms with van der Waals surface area (Å²) in [6.07, 6.45) is 5.86. The molecule has 4 aliphatic carbocycles. The van der Waals surface area contributed by atoms with Gasteiger partial charge in [-0.25, -0.2) is 0 Å². The van der Waals surface area contributed by atoms with Gasteiger partial charge in [0, 0.05) is 18.9 Å². The van der Waals surface area contributed by atoms with Gasteiger partial charge < -0.3 is 15.3 Å². The first-order chi connectivity index (χ1) is 10.9. The fourth-order valence-electron chi connectivity index (χ4n) is 7.00. The van der Waals surface area contributed by atoms with Crippen LogP contribution in [0, 0.1) is 34.5 Å². The first-order valence-electron chi connectivity index (χ1n) is 9.39. The number of Topliss-reactive ketones (excluding diaryl/α,β-unsaturated/α-hetero) is 1. The van der Waals surface area contributed by atoms with Crippen LogP contribution in [-0.2, 0) is 4.79 Å². The van der Waals surface area contributed by atoms with Gasteiger partial charge in [-0.15, -0.1) is 0 Å². The number of rotatable bonds is 1. The monoisotopic (exact) mass is 322 g/mol. The van der Waals surface area contributed by atoms with E-state index in [0.717, 1.165) is 32.1 Å². The summed E-state index contributed by atoms with van der Waals surface area (Å²) in [5.41, 5.74) is -0.0828. The average Bonchev–Trinajstić information content (AvgIpc) is 2.86. The predicted octanol–water partition coefficient (Wildman–Crippen LogP) is 1.90. The fourth-order valence-corrected chi connectivity index (χ4v) is 7.00. The molecule has 0 saturated heterocycles. The molecular formula is C19H30O4. The van der Waals surface area contributed by atoms with Gasteiger partial charge in [0.25, 0.3) is 0 Å². The molecular weight excluding hydrogens is 292 g/mol. The Bertz CT molecular complexity index is 506. The van der Waals surface area contributed by atoms with Gasteiger partial charge in [0.05, 0.1) is 12.2 Å². The maximum Gasteiger partial charge on any atom is 0.136 e. The van der Waals surface area contributed by atoms with Crippen molar-refractivity contribution in [2.24, 2.45) is 34.5 Å². The molecule has 3 N–H and O–H groups in total. The topological polar surface area (TPSA) is 77.8 Å². The van der Waals surface area contributed by atoms with Gasteiger partial charge in [0.15, 0.2) is 0 Å². The van der Waals surface area contributed by atoms with Crippen LogP contribution >= 0.6 is 0 Å². The number of aliphatic hydroxyl groups is 3. The Hall–Kier alpha value is -0.450. The molecule has 0 radical (unpaired) electrons. The Morgan fingerprint density at radius 2 is 1.87 bits per heavy atom. The number of fused-ring (bicyclic) bond motifs is 5. The lowest BCUT2D eigenvalue weighted by Crippen LogP contribution is -2.57. The van der Waals surface area contributed by atoms with Crippen molar-refractivity contribution in [2.75, 3.05) is 6.61 Å². The van der Waals surface area contributed by atoms with Gasteiger partial charge in [0.2, 0.25) is 0 Å². The van der Waals surface area contributed by atoms with Crippen molar-refractivity contribution < 1.29 is 20.1 Å². The van der Waals surface area contributed by atoms with Crippen LogP contribution in [0.5, 0.6) is 0 Å². The van der Waals surface area contributed by atoms with Crippen molar-refractivity contribution in [1.29, 1.82) is 0 Å². The highest BCUT2D eigenvalue weighted by Gasteiger charge is 2.62. The minimum absolute atomic E-state index is 0.0181. The lowest BCUT2D eigenvalue weighted by molar-refractivity contribution is -0.161. The summed E-state index contributed by atoms with van der Waals surface area (Å²) in [6, 6.07) is 0. The maximum absolute atomic E-state index is 13.0. The number of ketones is 1. The molecule has 4 aliphatic rings. The fraction of sp³-hybridized carbons (Fsp3) is 0.947. The molecule has 0 spiro atoms. The Morgan fingerprint density at radius 3 is 2.61 bits per heavy atom. The molecule has 8 atom stereocenters. The van der Waals surface area contributed by atoms with E-state index in [0.29, 0.717) is 36.9 Å². The van der Waals surface area contributed by atoms with E-state index in [1.165, 1.54) is 0 Å². The van der Waals surface area contributed by atoms with Crippen LogP contribution in [0.3, 0.4) is 0 Å². The minimum Gasteiger partial charge on any atom is -0.396 e. The van der Waals surface area contributed by atoms with Crippen molar-refractivity contribution >= 4 is 5.78 Å². The smallest absolute Gasteiger partial charge is 0.136 e. The molecule has 8 unspecified atom stereocenters. The SMILES string of the molecule is CC12CCC(O)CC1CC(=O)C1C3CC(O)CC3(CO)CCC12. The summed E-state index contributed by atoms with van der Waals surface area (Å²) in [6.45, 7) is 2.44. The standard InChI is InChI=1S/C19H30O4/c1-18-4-2-12(21)6-11(18)7-16(23)17-14(18)3-5-19(10-20)9-13(22)8-15(17)19/h11-15,17,20-22H,2-10H2,1H3. The molecule has 0 aromatic heterocycles. The third-order valence-corrected chi connectivity index (χ3v) is 8.26. The molecule has 23 heavy (non-hydrogen) atoms. The van der Waals surface area contributed by atoms with E-state index in [2.05, 4.69) is 6.92 Å². The molecule has 0 aromatic rings. The third kappa shape index (κ3) is 2.17. The van der Waals surface area contributed by atoms with Crippen molar-refractivity contribution in [3.05, 3.63) is 0 Å². The average molecular weight is 322 g/mol. The quantitative estimate of drug-likeness (QED) is 0.689. The van der Waals surface area contributed by atoms with Gasteiger partial charge >= 0.3 is 0 Å². The Kier molecular flexibility index (Phi) is 3.68. The largest absolute Gasteiger partial charge is 0.396 e. The number of carbonyl (C=O) groups is 1. The zero-order valence-corrected chi connectivity index (χ0v) is 14.1. The van der Waals surface area contributed by atoms with E-state index >= 15 is 0 Å². The zero-order chi connectivity index (χ0) is 16.4. The summed E-state index contributed by atoms with van der Waals surface area (Å²) < 4.78 is 0. The molecule has 4 nitrogen and oxygen atoms in total. The molecule has 0 bridgehead atoms. The maximum atomic E-state index is 13.0. The Labute approximate surface area is 138 Å². The van der Waals surface area contributed by atoms with E-state index in [9.17, 15) is 20.1 Å². The summed E-state index contributed by atoms with van der Waals surface area (Å²) >= 11 is 0. The highest BCUT2D eigenvalue weighted by Crippen LogP contribution is 2.65. The second-order valence-corrected chi connectivity index (χ2v) is 9.19. The second kappa shape index (κ2) is 5.27. The number of hydrogen-bond donors (Lipinski definition) is 3. The van der Waals surface area contributed by atoms with E-state index in [1.54, 1.807) is 0 Å². The van der Waals surface area contributed by atoms with Crippen LogP contribution in [0.1, 0.15) is 58.3 Å². The van der Waals surface area contributed by atoms with E-state index < -0.39 is 0 Å². The summed E-state index contributed by atoms with van der Waals surface area (Å²) in [4.78, 5) is 13.0. The lowest BCUT2D eigenvalue weighted by atomic mass is 9.45. The number of carbonyl (C=O) groups excluding carboxylic acids is 1. The van der Waals surface area contributed by atoms with Gasteiger partial charge in [-0.2, -0.15) is 0 Å². The molecule has 0 aromatic carbocycles. The van der Waals surface area contributed by atoms with Crippen molar-refractivity contribution in [3.63, 3.8) is 0 Å². The zero-order valence-electron chi connectivity index (χ0n) is 14.1. The Morgan fingerprint density at radius 1 is 1.09 bits per heavy atom. The van der Waals surface area contributed by atoms with Crippen LogP contribution in [0.25, 0.3) is 0 Å². The number of hydrogen-bond acceptors (Lipinski definition) is 4. The molecule has 4 rings (SSSR count). The van der Waals surface area contributed by atoms with Crippen LogP contribution in [0.4, 0.5) is 0 Å². The van der Waals surface area contributed by atoms with Crippen molar-refractivity contribution in [3.8, 4) is 0 Å². The number of aliphatic hydroxyl groups excluding tert-OH is 3. The summed E-state index contributed by atoms with van der Waals surface area (Å²) in [5.74, 6) is 1.19. The van der Waals surface area contributed by atoms with Gasteiger partial charge in [-0.05, 0) is 73.5 Å². The summed E-state index contributed by atoms with van der Waals surface area (Å²) in [7, 11) is 0. The van der Waals surface area contributed by atoms with Crippen molar-refractivity contribution in [2.45, 2.75) is 70.5 Å². The summed E-state index contributed by atoms with van der Waals surface area (Å²) in [5, 5.41) is 30.3. The molecule has 0 aliphatic heterocycles.